The third-order valence-electron chi connectivity index (χ3n) is 4.42. The van der Waals surface area contributed by atoms with Crippen LogP contribution in [-0.4, -0.2) is 23.4 Å². The van der Waals surface area contributed by atoms with Gasteiger partial charge in [0, 0.05) is 11.4 Å². The number of amides is 3. The molecular weight excluding hydrogens is 272 g/mol. The van der Waals surface area contributed by atoms with Crippen molar-refractivity contribution in [1.82, 2.24) is 10.2 Å². The van der Waals surface area contributed by atoms with Crippen molar-refractivity contribution in [3.8, 4) is 0 Å². The number of hydrogen-bond donors (Lipinski definition) is 1. The molecule has 1 saturated heterocycles. The average molecular weight is 292 g/mol. The zero-order chi connectivity index (χ0) is 14.1. The predicted molar refractivity (Wildman–Crippen MR) is 78.4 cm³/mol. The molecule has 1 aromatic heterocycles. The number of carbonyl (C=O) groups excluding carboxylic acids is 2. The molecule has 0 aromatic carbocycles. The zero-order valence-corrected chi connectivity index (χ0v) is 12.5. The summed E-state index contributed by atoms with van der Waals surface area (Å²) in [5.41, 5.74) is 0. The molecule has 2 heterocycles. The molecule has 108 valence electrons. The van der Waals surface area contributed by atoms with Crippen molar-refractivity contribution in [2.24, 2.45) is 11.8 Å². The fraction of sp³-hybridized carbons (Fsp3) is 0.600. The maximum absolute atomic E-state index is 11.5. The number of thiophene rings is 1. The molecule has 2 saturated carbocycles. The van der Waals surface area contributed by atoms with Crippen LogP contribution in [-0.2, 0) is 4.79 Å². The Morgan fingerprint density at radius 2 is 2.10 bits per heavy atom. The van der Waals surface area contributed by atoms with Crippen molar-refractivity contribution in [1.29, 1.82) is 0 Å². The van der Waals surface area contributed by atoms with Crippen molar-refractivity contribution >= 4 is 23.3 Å². The molecule has 3 aliphatic rings. The van der Waals surface area contributed by atoms with Gasteiger partial charge < -0.3 is 4.90 Å². The Morgan fingerprint density at radius 1 is 1.35 bits per heavy atom. The minimum atomic E-state index is -0.424. The standard InChI is InChI=1S/C9H10N2O2S.C6H10/c1-2-11-7(6-4-3-5-14-6)8(12)10-9(11)13;1-2-5-4-6(5)3-1/h3-5,7H,2H2,1H3,(H,10,12,13);5-6H,1-4H2. The molecule has 0 bridgehead atoms. The van der Waals surface area contributed by atoms with Gasteiger partial charge >= 0.3 is 6.03 Å². The number of rotatable bonds is 2. The lowest BCUT2D eigenvalue weighted by Gasteiger charge is -2.17. The van der Waals surface area contributed by atoms with Crippen LogP contribution >= 0.6 is 11.3 Å². The van der Waals surface area contributed by atoms with Gasteiger partial charge in [0.15, 0.2) is 0 Å². The summed E-state index contributed by atoms with van der Waals surface area (Å²) in [6.07, 6.45) is 6.24. The van der Waals surface area contributed by atoms with Gasteiger partial charge in [-0.05, 0) is 36.6 Å². The van der Waals surface area contributed by atoms with Gasteiger partial charge in [0.25, 0.3) is 5.91 Å². The SMILES string of the molecule is C1CC2CC2C1.CCN1C(=O)NC(=O)C1c1cccs1. The van der Waals surface area contributed by atoms with E-state index in [9.17, 15) is 9.59 Å². The Hall–Kier alpha value is -1.36. The van der Waals surface area contributed by atoms with Crippen LogP contribution in [0.4, 0.5) is 4.79 Å². The molecule has 3 fully saturated rings. The second-order valence-electron chi connectivity index (χ2n) is 5.69. The Balaban J connectivity index is 0.000000165. The fourth-order valence-corrected chi connectivity index (χ4v) is 4.05. The monoisotopic (exact) mass is 292 g/mol. The zero-order valence-electron chi connectivity index (χ0n) is 11.7. The van der Waals surface area contributed by atoms with Crippen molar-refractivity contribution in [3.63, 3.8) is 0 Å². The van der Waals surface area contributed by atoms with E-state index in [-0.39, 0.29) is 11.9 Å². The fourth-order valence-electron chi connectivity index (χ4n) is 3.22. The van der Waals surface area contributed by atoms with Crippen LogP contribution in [0.3, 0.4) is 0 Å². The molecule has 3 atom stereocenters. The Labute approximate surface area is 123 Å². The number of hydrogen-bond acceptors (Lipinski definition) is 3. The van der Waals surface area contributed by atoms with E-state index in [0.29, 0.717) is 6.54 Å². The molecule has 0 radical (unpaired) electrons. The van der Waals surface area contributed by atoms with E-state index in [4.69, 9.17) is 0 Å². The molecule has 1 aliphatic heterocycles. The van der Waals surface area contributed by atoms with Gasteiger partial charge in [0.1, 0.15) is 6.04 Å². The van der Waals surface area contributed by atoms with E-state index in [1.54, 1.807) is 19.3 Å². The first kappa shape index (κ1) is 13.6. The first-order valence-electron chi connectivity index (χ1n) is 7.35. The number of carbonyl (C=O) groups is 2. The van der Waals surface area contributed by atoms with Gasteiger partial charge in [-0.2, -0.15) is 0 Å². The maximum Gasteiger partial charge on any atom is 0.325 e. The summed E-state index contributed by atoms with van der Waals surface area (Å²) in [6.45, 7) is 2.40. The topological polar surface area (TPSA) is 49.4 Å². The number of nitrogens with one attached hydrogen (secondary N) is 1. The maximum atomic E-state index is 11.5. The first-order chi connectivity index (χ1) is 9.70. The van der Waals surface area contributed by atoms with Crippen LogP contribution in [0.2, 0.25) is 0 Å². The molecule has 3 amide bonds. The average Bonchev–Trinajstić information content (AvgIpc) is 2.88. The quantitative estimate of drug-likeness (QED) is 0.851. The van der Waals surface area contributed by atoms with Crippen molar-refractivity contribution in [3.05, 3.63) is 22.4 Å². The number of urea groups is 1. The van der Waals surface area contributed by atoms with Crippen LogP contribution in [0.15, 0.2) is 17.5 Å². The van der Waals surface area contributed by atoms with Crippen LogP contribution in [0.5, 0.6) is 0 Å². The number of likely N-dealkylation sites (N-methyl/N-ethyl adjacent to an activating group) is 1. The van der Waals surface area contributed by atoms with E-state index in [1.807, 2.05) is 24.4 Å². The number of imide groups is 1. The van der Waals surface area contributed by atoms with E-state index in [0.717, 1.165) is 4.88 Å². The summed E-state index contributed by atoms with van der Waals surface area (Å²) in [6, 6.07) is 3.03. The van der Waals surface area contributed by atoms with E-state index in [2.05, 4.69) is 5.32 Å². The molecule has 4 rings (SSSR count). The molecule has 20 heavy (non-hydrogen) atoms. The molecule has 3 unspecified atom stereocenters. The first-order valence-corrected chi connectivity index (χ1v) is 8.23. The van der Waals surface area contributed by atoms with Gasteiger partial charge in [-0.3, -0.25) is 10.1 Å². The molecule has 1 N–H and O–H groups in total. The molecule has 0 spiro atoms. The molecular formula is C15H20N2O2S. The van der Waals surface area contributed by atoms with E-state index >= 15 is 0 Å². The molecule has 4 nitrogen and oxygen atoms in total. The lowest BCUT2D eigenvalue weighted by atomic mass is 10.2. The lowest BCUT2D eigenvalue weighted by Crippen LogP contribution is -2.29. The van der Waals surface area contributed by atoms with Gasteiger partial charge in [0.05, 0.1) is 0 Å². The van der Waals surface area contributed by atoms with Crippen LogP contribution in [0.25, 0.3) is 0 Å². The lowest BCUT2D eigenvalue weighted by molar-refractivity contribution is -0.121. The van der Waals surface area contributed by atoms with Crippen LogP contribution in [0.1, 0.15) is 43.5 Å². The summed E-state index contributed by atoms with van der Waals surface area (Å²) < 4.78 is 0. The second-order valence-corrected chi connectivity index (χ2v) is 6.66. The highest BCUT2D eigenvalue weighted by Crippen LogP contribution is 2.51. The molecule has 1 aromatic rings. The minimum Gasteiger partial charge on any atom is -0.308 e. The van der Waals surface area contributed by atoms with E-state index in [1.165, 1.54) is 34.5 Å². The van der Waals surface area contributed by atoms with Crippen LogP contribution in [0, 0.1) is 11.8 Å². The number of nitrogens with zero attached hydrogens (tertiary/aromatic N) is 1. The van der Waals surface area contributed by atoms with Crippen LogP contribution < -0.4 is 5.32 Å². The van der Waals surface area contributed by atoms with Gasteiger partial charge in [-0.15, -0.1) is 11.3 Å². The summed E-state index contributed by atoms with van der Waals surface area (Å²) in [4.78, 5) is 25.3. The van der Waals surface area contributed by atoms with Gasteiger partial charge in [0.2, 0.25) is 0 Å². The molecule has 5 heteroatoms. The highest BCUT2D eigenvalue weighted by molar-refractivity contribution is 7.10. The minimum absolute atomic E-state index is 0.223. The van der Waals surface area contributed by atoms with Crippen molar-refractivity contribution < 1.29 is 9.59 Å². The highest BCUT2D eigenvalue weighted by atomic mass is 32.1. The summed E-state index contributed by atoms with van der Waals surface area (Å²) in [7, 11) is 0. The smallest absolute Gasteiger partial charge is 0.308 e. The van der Waals surface area contributed by atoms with E-state index < -0.39 is 6.04 Å². The second kappa shape index (κ2) is 5.56. The van der Waals surface area contributed by atoms with Gasteiger partial charge in [-0.1, -0.05) is 25.3 Å². The summed E-state index contributed by atoms with van der Waals surface area (Å²) in [5.74, 6) is 2.20. The normalized spacial score (nSPS) is 30.6. The Bertz CT molecular complexity index is 492. The summed E-state index contributed by atoms with van der Waals surface area (Å²) in [5, 5.41) is 4.21. The summed E-state index contributed by atoms with van der Waals surface area (Å²) >= 11 is 1.49. The third-order valence-corrected chi connectivity index (χ3v) is 5.35. The van der Waals surface area contributed by atoms with Gasteiger partial charge in [-0.25, -0.2) is 4.79 Å². The van der Waals surface area contributed by atoms with Crippen molar-refractivity contribution in [2.45, 2.75) is 38.6 Å². The number of fused-ring (bicyclic) bond motifs is 1. The Kier molecular flexibility index (Phi) is 3.78. The van der Waals surface area contributed by atoms with Crippen molar-refractivity contribution in [2.75, 3.05) is 6.54 Å². The predicted octanol–water partition coefficient (Wildman–Crippen LogP) is 3.17. The highest BCUT2D eigenvalue weighted by Gasteiger charge is 2.40. The Morgan fingerprint density at radius 3 is 2.55 bits per heavy atom. The third kappa shape index (κ3) is 2.59. The molecule has 2 aliphatic carbocycles. The largest absolute Gasteiger partial charge is 0.325 e.